The summed E-state index contributed by atoms with van der Waals surface area (Å²) < 4.78 is 15.4. The highest BCUT2D eigenvalue weighted by Gasteiger charge is 2.34. The van der Waals surface area contributed by atoms with Crippen LogP contribution in [0.1, 0.15) is 37.1 Å². The molecule has 0 aliphatic carbocycles. The highest BCUT2D eigenvalue weighted by Crippen LogP contribution is 2.24. The smallest absolute Gasteiger partial charge is 0.318 e. The summed E-state index contributed by atoms with van der Waals surface area (Å²) in [7, 11) is 0. The first-order valence-electron chi connectivity index (χ1n) is 8.56. The molecule has 0 unspecified atom stereocenters. The van der Waals surface area contributed by atoms with Crippen LogP contribution >= 0.6 is 0 Å². The molecule has 3 amide bonds. The maximum absolute atomic E-state index is 13.6. The van der Waals surface area contributed by atoms with Gasteiger partial charge in [-0.05, 0) is 31.5 Å². The maximum Gasteiger partial charge on any atom is 0.318 e. The minimum absolute atomic E-state index is 0.239. The fourth-order valence-corrected chi connectivity index (χ4v) is 2.92. The molecule has 0 bridgehead atoms. The van der Waals surface area contributed by atoms with Crippen molar-refractivity contribution in [1.82, 2.24) is 25.3 Å². The van der Waals surface area contributed by atoms with E-state index in [1.807, 2.05) is 24.7 Å². The Labute approximate surface area is 151 Å². The van der Waals surface area contributed by atoms with E-state index in [1.54, 1.807) is 12.3 Å². The van der Waals surface area contributed by atoms with E-state index in [-0.39, 0.29) is 18.0 Å². The van der Waals surface area contributed by atoms with Crippen LogP contribution in [0.15, 0.2) is 36.7 Å². The Morgan fingerprint density at radius 2 is 2.27 bits per heavy atom. The molecule has 0 saturated carbocycles. The average Bonchev–Trinajstić information content (AvgIpc) is 3.09. The lowest BCUT2D eigenvalue weighted by Crippen LogP contribution is -2.54. The molecule has 1 atom stereocenters. The Morgan fingerprint density at radius 3 is 2.96 bits per heavy atom. The number of nitrogens with zero attached hydrogens (tertiary/aromatic N) is 3. The Hall–Kier alpha value is -2.90. The molecule has 138 valence electrons. The zero-order valence-corrected chi connectivity index (χ0v) is 14.8. The number of carbonyl (C=O) groups is 2. The van der Waals surface area contributed by atoms with E-state index in [0.717, 1.165) is 5.56 Å². The number of nitrogens with one attached hydrogen (secondary N) is 2. The maximum atomic E-state index is 13.6. The molecule has 1 saturated heterocycles. The van der Waals surface area contributed by atoms with Crippen molar-refractivity contribution in [3.05, 3.63) is 53.6 Å². The second kappa shape index (κ2) is 7.55. The van der Waals surface area contributed by atoms with Gasteiger partial charge in [-0.1, -0.05) is 12.1 Å². The van der Waals surface area contributed by atoms with Gasteiger partial charge in [-0.2, -0.15) is 5.10 Å². The number of carbonyl (C=O) groups excluding carboxylic acids is 2. The summed E-state index contributed by atoms with van der Waals surface area (Å²) in [6, 6.07) is 4.78. The van der Waals surface area contributed by atoms with E-state index in [0.29, 0.717) is 25.2 Å². The van der Waals surface area contributed by atoms with Gasteiger partial charge in [0.1, 0.15) is 11.9 Å². The Balaban J connectivity index is 1.72. The standard InChI is InChI=1S/C18H22FN5O2/c1-12(2)24-11-13(10-22-24)9-21-18(26)23-7-6-20-17(25)16(23)14-4-3-5-15(19)8-14/h3-5,8,10-12,16H,6-7,9H2,1-2H3,(H,20,25)(H,21,26)/t16-/m1/s1. The van der Waals surface area contributed by atoms with Crippen LogP contribution in [-0.2, 0) is 11.3 Å². The number of hydrogen-bond donors (Lipinski definition) is 2. The molecule has 7 nitrogen and oxygen atoms in total. The molecule has 1 aliphatic rings. The van der Waals surface area contributed by atoms with Crippen LogP contribution in [0, 0.1) is 5.82 Å². The summed E-state index contributed by atoms with van der Waals surface area (Å²) in [5.41, 5.74) is 1.32. The van der Waals surface area contributed by atoms with Gasteiger partial charge in [0.25, 0.3) is 0 Å². The second-order valence-corrected chi connectivity index (χ2v) is 6.52. The summed E-state index contributed by atoms with van der Waals surface area (Å²) in [5.74, 6) is -0.757. The molecule has 2 aromatic rings. The van der Waals surface area contributed by atoms with Gasteiger partial charge >= 0.3 is 6.03 Å². The van der Waals surface area contributed by atoms with E-state index >= 15 is 0 Å². The molecule has 8 heteroatoms. The average molecular weight is 359 g/mol. The number of piperazine rings is 1. The molecule has 3 rings (SSSR count). The van der Waals surface area contributed by atoms with Gasteiger partial charge in [-0.25, -0.2) is 9.18 Å². The number of urea groups is 1. The third kappa shape index (κ3) is 3.84. The van der Waals surface area contributed by atoms with Crippen molar-refractivity contribution in [1.29, 1.82) is 0 Å². The number of amides is 3. The number of rotatable bonds is 4. The SMILES string of the molecule is CC(C)n1cc(CNC(=O)N2CCNC(=O)[C@H]2c2cccc(F)c2)cn1. The van der Waals surface area contributed by atoms with Crippen LogP contribution in [0.5, 0.6) is 0 Å². The zero-order valence-electron chi connectivity index (χ0n) is 14.8. The van der Waals surface area contributed by atoms with Gasteiger partial charge in [0.05, 0.1) is 6.20 Å². The van der Waals surface area contributed by atoms with Crippen molar-refractivity contribution >= 4 is 11.9 Å². The lowest BCUT2D eigenvalue weighted by molar-refractivity contribution is -0.127. The van der Waals surface area contributed by atoms with Crippen molar-refractivity contribution in [2.75, 3.05) is 13.1 Å². The van der Waals surface area contributed by atoms with Crippen molar-refractivity contribution in [3.63, 3.8) is 0 Å². The molecule has 1 fully saturated rings. The molecular weight excluding hydrogens is 337 g/mol. The number of benzene rings is 1. The van der Waals surface area contributed by atoms with Crippen LogP contribution in [0.4, 0.5) is 9.18 Å². The van der Waals surface area contributed by atoms with Crippen molar-refractivity contribution in [2.45, 2.75) is 32.5 Å². The lowest BCUT2D eigenvalue weighted by Gasteiger charge is -2.35. The van der Waals surface area contributed by atoms with Gasteiger partial charge in [0, 0.05) is 37.4 Å². The van der Waals surface area contributed by atoms with E-state index in [2.05, 4.69) is 15.7 Å². The first-order chi connectivity index (χ1) is 12.5. The van der Waals surface area contributed by atoms with E-state index in [1.165, 1.54) is 23.1 Å². The minimum atomic E-state index is -0.849. The second-order valence-electron chi connectivity index (χ2n) is 6.52. The molecule has 1 aliphatic heterocycles. The highest BCUT2D eigenvalue weighted by atomic mass is 19.1. The van der Waals surface area contributed by atoms with Gasteiger partial charge in [0.15, 0.2) is 0 Å². The van der Waals surface area contributed by atoms with Crippen molar-refractivity contribution < 1.29 is 14.0 Å². The predicted octanol–water partition coefficient (Wildman–Crippen LogP) is 1.99. The van der Waals surface area contributed by atoms with Crippen LogP contribution < -0.4 is 10.6 Å². The summed E-state index contributed by atoms with van der Waals surface area (Å²) >= 11 is 0. The summed E-state index contributed by atoms with van der Waals surface area (Å²) in [5, 5.41) is 9.78. The van der Waals surface area contributed by atoms with Crippen molar-refractivity contribution in [2.24, 2.45) is 0 Å². The van der Waals surface area contributed by atoms with Crippen LogP contribution in [0.25, 0.3) is 0 Å². The number of hydrogen-bond acceptors (Lipinski definition) is 3. The quantitative estimate of drug-likeness (QED) is 0.876. The predicted molar refractivity (Wildman–Crippen MR) is 93.7 cm³/mol. The van der Waals surface area contributed by atoms with Crippen molar-refractivity contribution in [3.8, 4) is 0 Å². The molecule has 0 spiro atoms. The first kappa shape index (κ1) is 17.9. The molecule has 2 N–H and O–H groups in total. The summed E-state index contributed by atoms with van der Waals surface area (Å²) in [6.07, 6.45) is 3.57. The van der Waals surface area contributed by atoms with Gasteiger partial charge in [0.2, 0.25) is 5.91 Å². The normalized spacial score (nSPS) is 17.3. The molecule has 26 heavy (non-hydrogen) atoms. The van der Waals surface area contributed by atoms with E-state index in [4.69, 9.17) is 0 Å². The fraction of sp³-hybridized carbons (Fsp3) is 0.389. The third-order valence-electron chi connectivity index (χ3n) is 4.27. The third-order valence-corrected chi connectivity index (χ3v) is 4.27. The van der Waals surface area contributed by atoms with Gasteiger partial charge in [-0.15, -0.1) is 0 Å². The molecular formula is C18H22FN5O2. The monoisotopic (exact) mass is 359 g/mol. The minimum Gasteiger partial charge on any atom is -0.352 e. The van der Waals surface area contributed by atoms with Gasteiger partial charge in [-0.3, -0.25) is 9.48 Å². The number of halogens is 1. The summed E-state index contributed by atoms with van der Waals surface area (Å²) in [6.45, 7) is 5.06. The van der Waals surface area contributed by atoms with E-state index in [9.17, 15) is 14.0 Å². The van der Waals surface area contributed by atoms with Crippen LogP contribution in [0.3, 0.4) is 0 Å². The lowest BCUT2D eigenvalue weighted by atomic mass is 10.0. The Morgan fingerprint density at radius 1 is 1.46 bits per heavy atom. The van der Waals surface area contributed by atoms with Gasteiger partial charge < -0.3 is 15.5 Å². The first-order valence-corrected chi connectivity index (χ1v) is 8.56. The van der Waals surface area contributed by atoms with Crippen LogP contribution in [-0.4, -0.2) is 39.7 Å². The highest BCUT2D eigenvalue weighted by molar-refractivity contribution is 5.89. The van der Waals surface area contributed by atoms with Crippen LogP contribution in [0.2, 0.25) is 0 Å². The zero-order chi connectivity index (χ0) is 18.7. The summed E-state index contributed by atoms with van der Waals surface area (Å²) in [4.78, 5) is 26.4. The van der Waals surface area contributed by atoms with E-state index < -0.39 is 11.9 Å². The molecule has 0 radical (unpaired) electrons. The molecule has 1 aromatic carbocycles. The molecule has 2 heterocycles. The Bertz CT molecular complexity index is 804. The fourth-order valence-electron chi connectivity index (χ4n) is 2.92. The molecule has 1 aromatic heterocycles. The largest absolute Gasteiger partial charge is 0.352 e. The number of aromatic nitrogens is 2. The topological polar surface area (TPSA) is 79.3 Å². The Kier molecular flexibility index (Phi) is 5.20.